The first-order valence-corrected chi connectivity index (χ1v) is 12.5. The molecule has 34 heavy (non-hydrogen) atoms. The Hall–Kier alpha value is -3.43. The van der Waals surface area contributed by atoms with Gasteiger partial charge in [-0.3, -0.25) is 14.4 Å². The van der Waals surface area contributed by atoms with Gasteiger partial charge in [-0.25, -0.2) is 9.69 Å². The van der Waals surface area contributed by atoms with Crippen molar-refractivity contribution >= 4 is 52.6 Å². The molecule has 2 aliphatic rings. The highest BCUT2D eigenvalue weighted by Gasteiger charge is 2.55. The number of rotatable bonds is 5. The number of allylic oxidation sites excluding steroid dienone is 1. The minimum absolute atomic E-state index is 0.161. The molecule has 2 aliphatic heterocycles. The third kappa shape index (κ3) is 3.80. The van der Waals surface area contributed by atoms with Gasteiger partial charge in [-0.15, -0.1) is 0 Å². The summed E-state index contributed by atoms with van der Waals surface area (Å²) in [7, 11) is 0. The summed E-state index contributed by atoms with van der Waals surface area (Å²) in [6, 6.07) is 16.1. The summed E-state index contributed by atoms with van der Waals surface area (Å²) < 4.78 is 5.13. The molecule has 0 unspecified atom stereocenters. The van der Waals surface area contributed by atoms with Crippen LogP contribution in [-0.4, -0.2) is 34.6 Å². The Morgan fingerprint density at radius 2 is 1.79 bits per heavy atom. The first-order chi connectivity index (χ1) is 16.5. The van der Waals surface area contributed by atoms with Crippen LogP contribution in [0, 0.1) is 5.92 Å². The van der Waals surface area contributed by atoms with E-state index in [2.05, 4.69) is 4.98 Å². The van der Waals surface area contributed by atoms with Gasteiger partial charge in [0.15, 0.2) is 0 Å². The minimum atomic E-state index is -0.717. The van der Waals surface area contributed by atoms with E-state index in [9.17, 15) is 19.2 Å². The van der Waals surface area contributed by atoms with E-state index in [4.69, 9.17) is 4.74 Å². The van der Waals surface area contributed by atoms with Crippen LogP contribution < -0.4 is 9.77 Å². The van der Waals surface area contributed by atoms with Crippen molar-refractivity contribution in [2.45, 2.75) is 23.1 Å². The van der Waals surface area contributed by atoms with E-state index >= 15 is 0 Å². The van der Waals surface area contributed by atoms with Gasteiger partial charge in [0.1, 0.15) is 5.25 Å². The SMILES string of the molecule is CCOC(=O)c1ccccc1N1C(=O)[C@H]2[C@H](Sc3[nH]c(=O)sc3[C@H]2/C=C/c2ccccc2)C1=O. The molecule has 1 N–H and O–H groups in total. The van der Waals surface area contributed by atoms with Gasteiger partial charge in [-0.1, -0.05) is 77.7 Å². The molecule has 2 aromatic carbocycles. The molecule has 0 bridgehead atoms. The van der Waals surface area contributed by atoms with Gasteiger partial charge in [0, 0.05) is 10.8 Å². The molecule has 3 atom stereocenters. The monoisotopic (exact) mass is 492 g/mol. The molecule has 0 aliphatic carbocycles. The van der Waals surface area contributed by atoms with Crippen molar-refractivity contribution < 1.29 is 19.1 Å². The number of esters is 1. The lowest BCUT2D eigenvalue weighted by Gasteiger charge is -2.27. The van der Waals surface area contributed by atoms with Crippen LogP contribution in [0.2, 0.25) is 0 Å². The van der Waals surface area contributed by atoms with Gasteiger partial charge in [0.2, 0.25) is 11.8 Å². The Bertz CT molecular complexity index is 1360. The highest BCUT2D eigenvalue weighted by molar-refractivity contribution is 8.00. The quantitative estimate of drug-likeness (QED) is 0.426. The molecule has 0 spiro atoms. The average Bonchev–Trinajstić information content (AvgIpc) is 3.33. The molecule has 1 fully saturated rings. The number of hydrogen-bond acceptors (Lipinski definition) is 7. The fourth-order valence-electron chi connectivity index (χ4n) is 4.33. The number of para-hydroxylation sites is 1. The molecule has 7 nitrogen and oxygen atoms in total. The summed E-state index contributed by atoms with van der Waals surface area (Å²) in [5.74, 6) is -2.56. The average molecular weight is 493 g/mol. The predicted molar refractivity (Wildman–Crippen MR) is 131 cm³/mol. The lowest BCUT2D eigenvalue weighted by molar-refractivity contribution is -0.122. The predicted octanol–water partition coefficient (Wildman–Crippen LogP) is 4.07. The molecule has 1 aromatic heterocycles. The normalized spacial score (nSPS) is 21.6. The smallest absolute Gasteiger partial charge is 0.340 e. The molecule has 3 heterocycles. The Morgan fingerprint density at radius 1 is 1.06 bits per heavy atom. The van der Waals surface area contributed by atoms with Crippen LogP contribution in [0.3, 0.4) is 0 Å². The Balaban J connectivity index is 1.57. The zero-order chi connectivity index (χ0) is 23.8. The standard InChI is InChI=1S/C25H20N2O5S2/c1-2-32-24(30)15-10-6-7-11-17(15)27-22(28)18-16(13-12-14-8-4-3-5-9-14)19-21(26-25(31)34-19)33-20(18)23(27)29/h3-13,16,18,20H,2H2,1H3,(H,26,31)/b13-12+/t16-,18+,20-/m0/s1. The van der Waals surface area contributed by atoms with E-state index in [0.29, 0.717) is 5.03 Å². The first-order valence-electron chi connectivity index (χ1n) is 10.8. The van der Waals surface area contributed by atoms with Crippen molar-refractivity contribution in [3.63, 3.8) is 0 Å². The summed E-state index contributed by atoms with van der Waals surface area (Å²) in [5, 5.41) is -0.105. The number of carbonyl (C=O) groups is 3. The van der Waals surface area contributed by atoms with Gasteiger partial charge in [0.25, 0.3) is 0 Å². The van der Waals surface area contributed by atoms with Crippen LogP contribution in [0.15, 0.2) is 70.5 Å². The van der Waals surface area contributed by atoms with E-state index in [1.54, 1.807) is 31.2 Å². The number of nitrogens with zero attached hydrogens (tertiary/aromatic N) is 1. The Morgan fingerprint density at radius 3 is 2.56 bits per heavy atom. The number of fused-ring (bicyclic) bond motifs is 2. The molecule has 9 heteroatoms. The van der Waals surface area contributed by atoms with Crippen LogP contribution in [0.4, 0.5) is 5.69 Å². The molecular weight excluding hydrogens is 472 g/mol. The van der Waals surface area contributed by atoms with Crippen molar-refractivity contribution in [1.29, 1.82) is 0 Å². The Labute approximate surface area is 203 Å². The van der Waals surface area contributed by atoms with E-state index < -0.39 is 34.9 Å². The number of benzene rings is 2. The first kappa shape index (κ1) is 22.4. The molecular formula is C25H20N2O5S2. The van der Waals surface area contributed by atoms with Crippen LogP contribution >= 0.6 is 23.1 Å². The molecule has 3 aromatic rings. The van der Waals surface area contributed by atoms with E-state index in [1.807, 2.05) is 42.5 Å². The fourth-order valence-corrected chi connectivity index (χ4v) is 6.82. The van der Waals surface area contributed by atoms with E-state index in [1.165, 1.54) is 11.8 Å². The molecule has 5 rings (SSSR count). The lowest BCUT2D eigenvalue weighted by Crippen LogP contribution is -2.33. The molecule has 0 radical (unpaired) electrons. The number of nitrogens with one attached hydrogen (secondary N) is 1. The summed E-state index contributed by atoms with van der Waals surface area (Å²) in [6.45, 7) is 1.87. The third-order valence-corrected chi connectivity index (χ3v) is 8.23. The topological polar surface area (TPSA) is 96.5 Å². The number of anilines is 1. The van der Waals surface area contributed by atoms with Gasteiger partial charge in [-0.05, 0) is 24.6 Å². The minimum Gasteiger partial charge on any atom is -0.462 e. The van der Waals surface area contributed by atoms with Gasteiger partial charge in [0.05, 0.1) is 28.8 Å². The van der Waals surface area contributed by atoms with Crippen molar-refractivity contribution in [1.82, 2.24) is 4.98 Å². The van der Waals surface area contributed by atoms with Crippen LogP contribution in [0.5, 0.6) is 0 Å². The second-order valence-corrected chi connectivity index (χ2v) is 9.98. The number of amides is 2. The largest absolute Gasteiger partial charge is 0.462 e. The number of thiazole rings is 1. The van der Waals surface area contributed by atoms with E-state index in [-0.39, 0.29) is 22.7 Å². The lowest BCUT2D eigenvalue weighted by atomic mass is 9.88. The second-order valence-electron chi connectivity index (χ2n) is 7.82. The zero-order valence-corrected chi connectivity index (χ0v) is 19.7. The second kappa shape index (κ2) is 9.08. The van der Waals surface area contributed by atoms with Gasteiger partial charge < -0.3 is 9.72 Å². The number of carbonyl (C=O) groups excluding carboxylic acids is 3. The highest BCUT2D eigenvalue weighted by atomic mass is 32.2. The maximum Gasteiger partial charge on any atom is 0.340 e. The number of thioether (sulfide) groups is 1. The van der Waals surface area contributed by atoms with Crippen LogP contribution in [0.1, 0.15) is 33.6 Å². The highest BCUT2D eigenvalue weighted by Crippen LogP contribution is 2.51. The molecule has 1 saturated heterocycles. The van der Waals surface area contributed by atoms with Crippen molar-refractivity contribution in [3.8, 4) is 0 Å². The number of ether oxygens (including phenoxy) is 1. The van der Waals surface area contributed by atoms with E-state index in [0.717, 1.165) is 26.7 Å². The maximum absolute atomic E-state index is 13.7. The zero-order valence-electron chi connectivity index (χ0n) is 18.1. The summed E-state index contributed by atoms with van der Waals surface area (Å²) >= 11 is 2.26. The van der Waals surface area contributed by atoms with Crippen molar-refractivity contribution in [2.75, 3.05) is 11.5 Å². The maximum atomic E-state index is 13.7. The molecule has 2 amide bonds. The summed E-state index contributed by atoms with van der Waals surface area (Å²) in [4.78, 5) is 56.4. The molecule has 0 saturated carbocycles. The third-order valence-electron chi connectivity index (χ3n) is 5.81. The van der Waals surface area contributed by atoms with Crippen LogP contribution in [-0.2, 0) is 14.3 Å². The van der Waals surface area contributed by atoms with Gasteiger partial charge >= 0.3 is 10.8 Å². The summed E-state index contributed by atoms with van der Waals surface area (Å²) in [6.07, 6.45) is 3.79. The van der Waals surface area contributed by atoms with Crippen molar-refractivity contribution in [3.05, 3.63) is 86.3 Å². The van der Waals surface area contributed by atoms with Crippen molar-refractivity contribution in [2.24, 2.45) is 5.92 Å². The number of imide groups is 1. The Kier molecular flexibility index (Phi) is 5.97. The van der Waals surface area contributed by atoms with Crippen LogP contribution in [0.25, 0.3) is 6.08 Å². The number of hydrogen-bond donors (Lipinski definition) is 1. The number of aromatic nitrogens is 1. The number of aromatic amines is 1. The molecule has 172 valence electrons. The number of H-pyrrole nitrogens is 1. The summed E-state index contributed by atoms with van der Waals surface area (Å²) in [5.41, 5.74) is 1.32. The van der Waals surface area contributed by atoms with Gasteiger partial charge in [-0.2, -0.15) is 0 Å². The fraction of sp³-hybridized carbons (Fsp3) is 0.200.